The average molecular weight is 339 g/mol. The first-order valence-corrected chi connectivity index (χ1v) is 7.86. The molecule has 1 heterocycles. The van der Waals surface area contributed by atoms with Crippen LogP contribution in [0.15, 0.2) is 59.8 Å². The first kappa shape index (κ1) is 16.7. The molecule has 1 aliphatic rings. The summed E-state index contributed by atoms with van der Waals surface area (Å²) in [5.74, 6) is -0.782. The number of urea groups is 1. The molecule has 1 aliphatic heterocycles. The molecule has 0 fully saturated rings. The first-order valence-electron chi connectivity index (χ1n) is 7.86. The molecule has 2 aromatic rings. The zero-order valence-corrected chi connectivity index (χ0v) is 13.9. The van der Waals surface area contributed by atoms with Crippen LogP contribution in [0.2, 0.25) is 0 Å². The van der Waals surface area contributed by atoms with Crippen molar-refractivity contribution < 1.29 is 14.0 Å². The molecule has 2 aromatic carbocycles. The number of carbonyl (C=O) groups excluding carboxylic acids is 2. The Morgan fingerprint density at radius 2 is 1.88 bits per heavy atom. The van der Waals surface area contributed by atoms with Crippen molar-refractivity contribution >= 4 is 17.6 Å². The standard InChI is InChI=1S/C19H18FN3O2/c1-11-6-3-4-9-15(11)22-18(24)16-12(2)21-19(25)23-17(16)13-7-5-8-14(20)10-13/h3-10,17H,1-2H3,(H,22,24)(H2,21,23,25). The number of carbonyl (C=O) groups is 2. The molecule has 5 nitrogen and oxygen atoms in total. The van der Waals surface area contributed by atoms with E-state index >= 15 is 0 Å². The molecule has 128 valence electrons. The zero-order chi connectivity index (χ0) is 18.0. The maximum atomic E-state index is 13.6. The predicted octanol–water partition coefficient (Wildman–Crippen LogP) is 3.40. The molecule has 0 aliphatic carbocycles. The van der Waals surface area contributed by atoms with Gasteiger partial charge < -0.3 is 16.0 Å². The predicted molar refractivity (Wildman–Crippen MR) is 93.3 cm³/mol. The number of para-hydroxylation sites is 1. The van der Waals surface area contributed by atoms with Gasteiger partial charge in [0.25, 0.3) is 5.91 Å². The number of allylic oxidation sites excluding steroid dienone is 1. The smallest absolute Gasteiger partial charge is 0.319 e. The van der Waals surface area contributed by atoms with E-state index in [1.165, 1.54) is 12.1 Å². The molecule has 0 radical (unpaired) electrons. The summed E-state index contributed by atoms with van der Waals surface area (Å²) in [5.41, 5.74) is 2.88. The van der Waals surface area contributed by atoms with Crippen LogP contribution in [0.5, 0.6) is 0 Å². The van der Waals surface area contributed by atoms with Gasteiger partial charge in [0.1, 0.15) is 5.82 Å². The molecule has 0 aromatic heterocycles. The number of aryl methyl sites for hydroxylation is 1. The summed E-state index contributed by atoms with van der Waals surface area (Å²) in [6.07, 6.45) is 0. The van der Waals surface area contributed by atoms with E-state index in [9.17, 15) is 14.0 Å². The zero-order valence-electron chi connectivity index (χ0n) is 13.9. The summed E-state index contributed by atoms with van der Waals surface area (Å²) in [4.78, 5) is 24.7. The molecule has 1 unspecified atom stereocenters. The monoisotopic (exact) mass is 339 g/mol. The van der Waals surface area contributed by atoms with E-state index in [1.54, 1.807) is 25.1 Å². The van der Waals surface area contributed by atoms with E-state index in [0.29, 0.717) is 22.5 Å². The fourth-order valence-electron chi connectivity index (χ4n) is 2.83. The minimum absolute atomic E-state index is 0.341. The maximum Gasteiger partial charge on any atom is 0.319 e. The Hall–Kier alpha value is -3.15. The molecule has 0 saturated carbocycles. The van der Waals surface area contributed by atoms with E-state index in [-0.39, 0.29) is 5.91 Å². The molecule has 1 atom stereocenters. The van der Waals surface area contributed by atoms with Crippen molar-refractivity contribution in [1.82, 2.24) is 10.6 Å². The van der Waals surface area contributed by atoms with Gasteiger partial charge in [0.05, 0.1) is 11.6 Å². The molecule has 3 rings (SSSR count). The van der Waals surface area contributed by atoms with Gasteiger partial charge in [0, 0.05) is 11.4 Å². The molecule has 0 bridgehead atoms. The van der Waals surface area contributed by atoms with E-state index in [4.69, 9.17) is 0 Å². The third-order valence-corrected chi connectivity index (χ3v) is 4.09. The highest BCUT2D eigenvalue weighted by Gasteiger charge is 2.31. The fourth-order valence-corrected chi connectivity index (χ4v) is 2.83. The Balaban J connectivity index is 1.97. The lowest BCUT2D eigenvalue weighted by Crippen LogP contribution is -2.46. The lowest BCUT2D eigenvalue weighted by Gasteiger charge is -2.28. The van der Waals surface area contributed by atoms with Gasteiger partial charge in [-0.3, -0.25) is 4.79 Å². The van der Waals surface area contributed by atoms with E-state index in [1.807, 2.05) is 25.1 Å². The lowest BCUT2D eigenvalue weighted by molar-refractivity contribution is -0.113. The van der Waals surface area contributed by atoms with Crippen LogP contribution >= 0.6 is 0 Å². The van der Waals surface area contributed by atoms with Gasteiger partial charge >= 0.3 is 6.03 Å². The van der Waals surface area contributed by atoms with Crippen LogP contribution in [0, 0.1) is 12.7 Å². The second kappa shape index (κ2) is 6.76. The van der Waals surface area contributed by atoms with Gasteiger partial charge in [-0.15, -0.1) is 0 Å². The van der Waals surface area contributed by atoms with Crippen LogP contribution in [-0.2, 0) is 4.79 Å². The Labute approximate surface area is 144 Å². The summed E-state index contributed by atoms with van der Waals surface area (Å²) in [7, 11) is 0. The van der Waals surface area contributed by atoms with Crippen molar-refractivity contribution in [2.24, 2.45) is 0 Å². The van der Waals surface area contributed by atoms with Crippen LogP contribution < -0.4 is 16.0 Å². The first-order chi connectivity index (χ1) is 12.0. The van der Waals surface area contributed by atoms with Gasteiger partial charge in [0.15, 0.2) is 0 Å². The van der Waals surface area contributed by atoms with Crippen molar-refractivity contribution in [1.29, 1.82) is 0 Å². The van der Waals surface area contributed by atoms with E-state index < -0.39 is 17.9 Å². The van der Waals surface area contributed by atoms with E-state index in [2.05, 4.69) is 16.0 Å². The Bertz CT molecular complexity index is 876. The van der Waals surface area contributed by atoms with E-state index in [0.717, 1.165) is 5.56 Å². The summed E-state index contributed by atoms with van der Waals surface area (Å²) < 4.78 is 13.6. The molecule has 0 spiro atoms. The number of hydrogen-bond donors (Lipinski definition) is 3. The SMILES string of the molecule is CC1=C(C(=O)Nc2ccccc2C)C(c2cccc(F)c2)NC(=O)N1. The van der Waals surface area contributed by atoms with Crippen molar-refractivity contribution in [3.63, 3.8) is 0 Å². The normalized spacial score (nSPS) is 16.9. The lowest BCUT2D eigenvalue weighted by atomic mass is 9.94. The third kappa shape index (κ3) is 3.52. The molecule has 3 amide bonds. The number of halogens is 1. The fraction of sp³-hybridized carbons (Fsp3) is 0.158. The van der Waals surface area contributed by atoms with Gasteiger partial charge in [0.2, 0.25) is 0 Å². The summed E-state index contributed by atoms with van der Waals surface area (Å²) in [6.45, 7) is 3.54. The number of nitrogens with one attached hydrogen (secondary N) is 3. The number of amides is 3. The minimum Gasteiger partial charge on any atom is -0.327 e. The molecule has 3 N–H and O–H groups in total. The quantitative estimate of drug-likeness (QED) is 0.802. The van der Waals surface area contributed by atoms with Crippen molar-refractivity contribution in [2.45, 2.75) is 19.9 Å². The number of hydrogen-bond acceptors (Lipinski definition) is 2. The van der Waals surface area contributed by atoms with Crippen LogP contribution in [0.4, 0.5) is 14.9 Å². The number of rotatable bonds is 3. The number of benzene rings is 2. The second-order valence-corrected chi connectivity index (χ2v) is 5.89. The molecular formula is C19H18FN3O2. The van der Waals surface area contributed by atoms with Crippen LogP contribution in [0.1, 0.15) is 24.1 Å². The van der Waals surface area contributed by atoms with Gasteiger partial charge in [-0.2, -0.15) is 0 Å². The van der Waals surface area contributed by atoms with Gasteiger partial charge in [-0.05, 0) is 43.2 Å². The highest BCUT2D eigenvalue weighted by Crippen LogP contribution is 2.28. The summed E-state index contributed by atoms with van der Waals surface area (Å²) >= 11 is 0. The van der Waals surface area contributed by atoms with Crippen molar-refractivity contribution in [3.8, 4) is 0 Å². The topological polar surface area (TPSA) is 70.2 Å². The maximum absolute atomic E-state index is 13.6. The van der Waals surface area contributed by atoms with Crippen LogP contribution in [0.3, 0.4) is 0 Å². The van der Waals surface area contributed by atoms with Crippen molar-refractivity contribution in [3.05, 3.63) is 76.7 Å². The highest BCUT2D eigenvalue weighted by atomic mass is 19.1. The highest BCUT2D eigenvalue weighted by molar-refractivity contribution is 6.07. The number of anilines is 1. The van der Waals surface area contributed by atoms with Crippen LogP contribution in [0.25, 0.3) is 0 Å². The summed E-state index contributed by atoms with van der Waals surface area (Å²) in [6, 6.07) is 12.1. The second-order valence-electron chi connectivity index (χ2n) is 5.89. The molecular weight excluding hydrogens is 321 g/mol. The Morgan fingerprint density at radius 1 is 1.12 bits per heavy atom. The Kier molecular flexibility index (Phi) is 4.52. The largest absolute Gasteiger partial charge is 0.327 e. The van der Waals surface area contributed by atoms with Gasteiger partial charge in [-0.25, -0.2) is 9.18 Å². The molecule has 0 saturated heterocycles. The third-order valence-electron chi connectivity index (χ3n) is 4.09. The summed E-state index contributed by atoms with van der Waals surface area (Å²) in [5, 5.41) is 8.14. The van der Waals surface area contributed by atoms with Gasteiger partial charge in [-0.1, -0.05) is 30.3 Å². The van der Waals surface area contributed by atoms with Crippen molar-refractivity contribution in [2.75, 3.05) is 5.32 Å². The molecule has 6 heteroatoms. The Morgan fingerprint density at radius 3 is 2.60 bits per heavy atom. The van der Waals surface area contributed by atoms with Crippen LogP contribution in [-0.4, -0.2) is 11.9 Å². The minimum atomic E-state index is -0.728. The average Bonchev–Trinajstić information content (AvgIpc) is 2.56. The molecule has 25 heavy (non-hydrogen) atoms.